The summed E-state index contributed by atoms with van der Waals surface area (Å²) in [6.07, 6.45) is 0. The van der Waals surface area contributed by atoms with Gasteiger partial charge in [-0.2, -0.15) is 0 Å². The number of hydrogen-bond acceptors (Lipinski definition) is 3. The monoisotopic (exact) mass is 479 g/mol. The first-order valence-electron chi connectivity index (χ1n) is 8.76. The molecular weight excluding hydrogens is 458 g/mol. The molecule has 2 aromatic carbocycles. The quantitative estimate of drug-likeness (QED) is 0.411. The fourth-order valence-corrected chi connectivity index (χ4v) is 4.47. The highest BCUT2D eigenvalue weighted by molar-refractivity contribution is 9.10. The van der Waals surface area contributed by atoms with E-state index in [1.165, 1.54) is 29.5 Å². The molecule has 0 fully saturated rings. The van der Waals surface area contributed by atoms with E-state index in [4.69, 9.17) is 4.74 Å². The molecule has 0 spiro atoms. The van der Waals surface area contributed by atoms with Gasteiger partial charge in [-0.1, -0.05) is 70.0 Å². The van der Waals surface area contributed by atoms with Crippen LogP contribution in [0, 0.1) is 0 Å². The summed E-state index contributed by atoms with van der Waals surface area (Å²) in [7, 11) is 1.43. The molecule has 5 heteroatoms. The summed E-state index contributed by atoms with van der Waals surface area (Å²) in [4.78, 5) is 14.0. The lowest BCUT2D eigenvalue weighted by Crippen LogP contribution is -2.29. The Balaban J connectivity index is 1.86. The molecule has 138 valence electrons. The van der Waals surface area contributed by atoms with E-state index in [1.807, 2.05) is 0 Å². The third-order valence-corrected chi connectivity index (χ3v) is 6.45. The molecule has 0 radical (unpaired) electrons. The molecule has 0 saturated carbocycles. The predicted octanol–water partition coefficient (Wildman–Crippen LogP) is 5.61. The highest BCUT2D eigenvalue weighted by Crippen LogP contribution is 2.42. The number of hydrogen-bond donors (Lipinski definition) is 0. The Hall–Kier alpha value is -1.33. The van der Waals surface area contributed by atoms with E-state index >= 15 is 0 Å². The van der Waals surface area contributed by atoms with Crippen LogP contribution >= 0.6 is 31.9 Å². The summed E-state index contributed by atoms with van der Waals surface area (Å²) >= 11 is 7.10. The molecule has 2 atom stereocenters. The van der Waals surface area contributed by atoms with Gasteiger partial charge in [0.1, 0.15) is 4.83 Å². The molecule has 0 saturated heterocycles. The van der Waals surface area contributed by atoms with Gasteiger partial charge in [-0.25, -0.2) is 0 Å². The van der Waals surface area contributed by atoms with Gasteiger partial charge < -0.3 is 9.64 Å². The van der Waals surface area contributed by atoms with Crippen molar-refractivity contribution in [1.29, 1.82) is 0 Å². The van der Waals surface area contributed by atoms with Crippen LogP contribution in [0.5, 0.6) is 0 Å². The fourth-order valence-electron chi connectivity index (χ4n) is 3.45. The fraction of sp³-hybridized carbons (Fsp3) is 0.381. The second-order valence-corrected chi connectivity index (χ2v) is 8.91. The van der Waals surface area contributed by atoms with E-state index in [0.29, 0.717) is 5.92 Å². The number of carbonyl (C=O) groups is 1. The normalized spacial score (nSPS) is 17.3. The van der Waals surface area contributed by atoms with E-state index in [-0.39, 0.29) is 16.7 Å². The van der Waals surface area contributed by atoms with Crippen molar-refractivity contribution in [2.45, 2.75) is 37.1 Å². The van der Waals surface area contributed by atoms with Crippen LogP contribution < -0.4 is 4.90 Å². The van der Waals surface area contributed by atoms with E-state index in [9.17, 15) is 4.79 Å². The summed E-state index contributed by atoms with van der Waals surface area (Å²) in [6.45, 7) is 6.02. The molecule has 2 unspecified atom stereocenters. The van der Waals surface area contributed by atoms with Gasteiger partial charge in [0.25, 0.3) is 0 Å². The van der Waals surface area contributed by atoms with Crippen molar-refractivity contribution < 1.29 is 9.53 Å². The van der Waals surface area contributed by atoms with E-state index < -0.39 is 0 Å². The van der Waals surface area contributed by atoms with E-state index in [1.54, 1.807) is 0 Å². The Kier molecular flexibility index (Phi) is 6.08. The maximum absolute atomic E-state index is 12.1. The van der Waals surface area contributed by atoms with Gasteiger partial charge in [0.05, 0.1) is 7.11 Å². The number of nitrogens with zero attached hydrogens (tertiary/aromatic N) is 1. The minimum atomic E-state index is -0.353. The zero-order chi connectivity index (χ0) is 18.8. The Labute approximate surface area is 172 Å². The van der Waals surface area contributed by atoms with E-state index in [0.717, 1.165) is 17.6 Å². The highest BCUT2D eigenvalue weighted by Gasteiger charge is 2.37. The van der Waals surface area contributed by atoms with Gasteiger partial charge in [0.15, 0.2) is 0 Å². The van der Waals surface area contributed by atoms with Crippen molar-refractivity contribution in [3.63, 3.8) is 0 Å². The van der Waals surface area contributed by atoms with Gasteiger partial charge >= 0.3 is 5.97 Å². The Morgan fingerprint density at radius 1 is 1.23 bits per heavy atom. The molecule has 1 aliphatic heterocycles. The maximum atomic E-state index is 12.1. The molecular formula is C21H23Br2NO2. The van der Waals surface area contributed by atoms with Gasteiger partial charge in [0, 0.05) is 29.2 Å². The van der Waals surface area contributed by atoms with Gasteiger partial charge in [-0.3, -0.25) is 4.79 Å². The smallest absolute Gasteiger partial charge is 0.320 e. The second kappa shape index (κ2) is 8.13. The topological polar surface area (TPSA) is 29.5 Å². The number of halogens is 2. The number of ether oxygens (including phenoxy) is 1. The number of alkyl halides is 1. The summed E-state index contributed by atoms with van der Waals surface area (Å²) in [5.41, 5.74) is 4.97. The SMILES string of the molecule is COC(=O)C(Br)C1CN(Cc2ccc(C(C)C)cc2)c2ccc(Br)cc21. The molecule has 0 amide bonds. The molecule has 0 bridgehead atoms. The molecule has 3 rings (SSSR count). The van der Waals surface area contributed by atoms with Gasteiger partial charge in [-0.15, -0.1) is 0 Å². The lowest BCUT2D eigenvalue weighted by Gasteiger charge is -2.21. The van der Waals surface area contributed by atoms with Crippen LogP contribution in [-0.4, -0.2) is 24.5 Å². The number of carbonyl (C=O) groups excluding carboxylic acids is 1. The lowest BCUT2D eigenvalue weighted by molar-refractivity contribution is -0.140. The average molecular weight is 481 g/mol. The largest absolute Gasteiger partial charge is 0.468 e. The number of esters is 1. The number of rotatable bonds is 5. The lowest BCUT2D eigenvalue weighted by atomic mass is 9.98. The highest BCUT2D eigenvalue weighted by atomic mass is 79.9. The van der Waals surface area contributed by atoms with Crippen LogP contribution in [0.15, 0.2) is 46.9 Å². The van der Waals surface area contributed by atoms with Crippen LogP contribution in [0.3, 0.4) is 0 Å². The predicted molar refractivity (Wildman–Crippen MR) is 113 cm³/mol. The second-order valence-electron chi connectivity index (χ2n) is 7.01. The van der Waals surface area contributed by atoms with Crippen molar-refractivity contribution in [2.75, 3.05) is 18.6 Å². The van der Waals surface area contributed by atoms with Crippen molar-refractivity contribution in [1.82, 2.24) is 0 Å². The zero-order valence-corrected chi connectivity index (χ0v) is 18.4. The van der Waals surface area contributed by atoms with Crippen LogP contribution in [0.4, 0.5) is 5.69 Å². The Bertz CT molecular complexity index is 789. The first-order chi connectivity index (χ1) is 12.4. The van der Waals surface area contributed by atoms with E-state index in [2.05, 4.69) is 93.1 Å². The molecule has 1 aliphatic rings. The first kappa shape index (κ1) is 19.4. The van der Waals surface area contributed by atoms with Crippen molar-refractivity contribution >= 4 is 43.5 Å². The minimum Gasteiger partial charge on any atom is -0.468 e. The summed E-state index contributed by atoms with van der Waals surface area (Å²) in [6, 6.07) is 15.1. The average Bonchev–Trinajstić information content (AvgIpc) is 2.98. The van der Waals surface area contributed by atoms with Crippen molar-refractivity contribution in [3.05, 3.63) is 63.6 Å². The summed E-state index contributed by atoms with van der Waals surface area (Å²) < 4.78 is 5.96. The molecule has 0 aromatic heterocycles. The number of benzene rings is 2. The van der Waals surface area contributed by atoms with Crippen LogP contribution in [-0.2, 0) is 16.1 Å². The van der Waals surface area contributed by atoms with Crippen LogP contribution in [0.1, 0.15) is 42.4 Å². The third-order valence-electron chi connectivity index (χ3n) is 4.95. The zero-order valence-electron chi connectivity index (χ0n) is 15.2. The van der Waals surface area contributed by atoms with Gasteiger partial charge in [0.2, 0.25) is 0 Å². The molecule has 0 aliphatic carbocycles. The van der Waals surface area contributed by atoms with Crippen LogP contribution in [0.25, 0.3) is 0 Å². The third kappa shape index (κ3) is 3.99. The Morgan fingerprint density at radius 2 is 1.92 bits per heavy atom. The molecule has 3 nitrogen and oxygen atoms in total. The van der Waals surface area contributed by atoms with Crippen LogP contribution in [0.2, 0.25) is 0 Å². The van der Waals surface area contributed by atoms with Crippen molar-refractivity contribution in [3.8, 4) is 0 Å². The minimum absolute atomic E-state index is 0.0601. The molecule has 2 aromatic rings. The number of methoxy groups -OCH3 is 1. The summed E-state index contributed by atoms with van der Waals surface area (Å²) in [5, 5.41) is 0. The standard InChI is InChI=1S/C21H23Br2NO2/c1-13(2)15-6-4-14(5-7-15)11-24-12-18(20(23)21(25)26-3)17-10-16(22)8-9-19(17)24/h4-10,13,18,20H,11-12H2,1-3H3. The molecule has 26 heavy (non-hydrogen) atoms. The molecule has 0 N–H and O–H groups in total. The Morgan fingerprint density at radius 3 is 2.54 bits per heavy atom. The van der Waals surface area contributed by atoms with Crippen molar-refractivity contribution in [2.24, 2.45) is 0 Å². The summed E-state index contributed by atoms with van der Waals surface area (Å²) in [5.74, 6) is 0.362. The van der Waals surface area contributed by atoms with Gasteiger partial charge in [-0.05, 0) is 40.8 Å². The maximum Gasteiger partial charge on any atom is 0.320 e. The molecule has 1 heterocycles. The number of fused-ring (bicyclic) bond motifs is 1. The first-order valence-corrected chi connectivity index (χ1v) is 10.5. The number of anilines is 1.